The summed E-state index contributed by atoms with van der Waals surface area (Å²) >= 11 is 0. The summed E-state index contributed by atoms with van der Waals surface area (Å²) in [6.45, 7) is 2.20. The fraction of sp³-hybridized carbons (Fsp3) is 0.722. The van der Waals surface area contributed by atoms with Gasteiger partial charge in [0.1, 0.15) is 0 Å². The highest BCUT2D eigenvalue weighted by Crippen LogP contribution is 2.09. The van der Waals surface area contributed by atoms with Gasteiger partial charge >= 0.3 is 5.97 Å². The van der Waals surface area contributed by atoms with Crippen molar-refractivity contribution in [3.8, 4) is 0 Å². The molecule has 0 aromatic heterocycles. The van der Waals surface area contributed by atoms with Crippen molar-refractivity contribution in [2.45, 2.75) is 83.7 Å². The van der Waals surface area contributed by atoms with Crippen molar-refractivity contribution in [3.05, 3.63) is 24.3 Å². The molecule has 0 aliphatic heterocycles. The molecule has 0 aliphatic rings. The molecule has 0 bridgehead atoms. The summed E-state index contributed by atoms with van der Waals surface area (Å²) in [5.74, 6) is -0.710. The maximum absolute atomic E-state index is 10.3. The molecule has 0 fully saturated rings. The Balaban J connectivity index is 3.40. The van der Waals surface area contributed by atoms with Crippen molar-refractivity contribution in [1.82, 2.24) is 0 Å². The Morgan fingerprint density at radius 1 is 1.00 bits per heavy atom. The lowest BCUT2D eigenvalue weighted by Crippen LogP contribution is -2.01. The topological polar surface area (TPSA) is 57.5 Å². The summed E-state index contributed by atoms with van der Waals surface area (Å²) in [5.41, 5.74) is 0. The first-order chi connectivity index (χ1) is 10.2. The number of carboxylic acid groups (broad SMARTS) is 1. The fourth-order valence-electron chi connectivity index (χ4n) is 2.14. The standard InChI is InChI=1S/C18H32O3/c1-2-3-4-5-6-8-11-14-17(19)15-12-9-7-10-13-16-18(20)21/h6,8,11,14,17,19H,2-5,7,9-10,12-13,15-16H2,1H3,(H,20,21)/b8-6+,14-11-/t17-/m0/s1. The molecule has 0 spiro atoms. The van der Waals surface area contributed by atoms with Gasteiger partial charge in [0, 0.05) is 6.42 Å². The molecule has 0 amide bonds. The number of unbranched alkanes of at least 4 members (excludes halogenated alkanes) is 7. The van der Waals surface area contributed by atoms with Crippen molar-refractivity contribution in [2.24, 2.45) is 0 Å². The van der Waals surface area contributed by atoms with Crippen LogP contribution in [-0.2, 0) is 4.79 Å². The first-order valence-corrected chi connectivity index (χ1v) is 8.40. The van der Waals surface area contributed by atoms with Gasteiger partial charge < -0.3 is 10.2 Å². The zero-order chi connectivity index (χ0) is 15.8. The van der Waals surface area contributed by atoms with Crippen molar-refractivity contribution >= 4 is 5.97 Å². The van der Waals surface area contributed by atoms with Crippen molar-refractivity contribution in [3.63, 3.8) is 0 Å². The van der Waals surface area contributed by atoms with Gasteiger partial charge in [0.25, 0.3) is 0 Å². The van der Waals surface area contributed by atoms with Gasteiger partial charge in [-0.15, -0.1) is 0 Å². The van der Waals surface area contributed by atoms with Crippen LogP contribution in [0.1, 0.15) is 77.6 Å². The predicted molar refractivity (Wildman–Crippen MR) is 88.4 cm³/mol. The molecule has 0 rings (SSSR count). The molecule has 1 atom stereocenters. The third-order valence-corrected chi connectivity index (χ3v) is 3.45. The molecule has 0 aromatic rings. The van der Waals surface area contributed by atoms with Gasteiger partial charge in [-0.3, -0.25) is 4.79 Å². The van der Waals surface area contributed by atoms with Gasteiger partial charge in [-0.1, -0.05) is 69.8 Å². The predicted octanol–water partition coefficient (Wildman–Crippen LogP) is 4.86. The summed E-state index contributed by atoms with van der Waals surface area (Å²) < 4.78 is 0. The number of aliphatic carboxylic acids is 1. The van der Waals surface area contributed by atoms with E-state index < -0.39 is 5.97 Å². The Bertz CT molecular complexity index is 295. The molecule has 0 aromatic carbocycles. The van der Waals surface area contributed by atoms with E-state index in [1.165, 1.54) is 19.3 Å². The summed E-state index contributed by atoms with van der Waals surface area (Å²) in [5, 5.41) is 18.3. The molecule has 3 nitrogen and oxygen atoms in total. The maximum Gasteiger partial charge on any atom is 0.303 e. The van der Waals surface area contributed by atoms with E-state index in [4.69, 9.17) is 5.11 Å². The van der Waals surface area contributed by atoms with E-state index in [1.807, 2.05) is 18.2 Å². The summed E-state index contributed by atoms with van der Waals surface area (Å²) in [7, 11) is 0. The second-order valence-electron chi connectivity index (χ2n) is 5.58. The molecule has 0 saturated carbocycles. The van der Waals surface area contributed by atoms with Gasteiger partial charge in [0.05, 0.1) is 6.10 Å². The lowest BCUT2D eigenvalue weighted by atomic mass is 10.1. The van der Waals surface area contributed by atoms with Crippen LogP contribution in [0.25, 0.3) is 0 Å². The molecule has 3 heteroatoms. The Hall–Kier alpha value is -1.09. The van der Waals surface area contributed by atoms with Crippen LogP contribution in [0.15, 0.2) is 24.3 Å². The molecule has 0 aliphatic carbocycles. The van der Waals surface area contributed by atoms with Crippen LogP contribution in [0, 0.1) is 0 Å². The van der Waals surface area contributed by atoms with Gasteiger partial charge in [0.15, 0.2) is 0 Å². The molecular weight excluding hydrogens is 264 g/mol. The van der Waals surface area contributed by atoms with Crippen LogP contribution in [0.5, 0.6) is 0 Å². The Morgan fingerprint density at radius 3 is 2.43 bits per heavy atom. The molecule has 0 radical (unpaired) electrons. The van der Waals surface area contributed by atoms with Gasteiger partial charge in [-0.05, 0) is 25.7 Å². The lowest BCUT2D eigenvalue weighted by molar-refractivity contribution is -0.137. The molecule has 0 heterocycles. The van der Waals surface area contributed by atoms with Crippen molar-refractivity contribution in [2.75, 3.05) is 0 Å². The van der Waals surface area contributed by atoms with E-state index in [0.29, 0.717) is 0 Å². The highest BCUT2D eigenvalue weighted by atomic mass is 16.4. The summed E-state index contributed by atoms with van der Waals surface area (Å²) in [6, 6.07) is 0. The molecular formula is C18H32O3. The van der Waals surface area contributed by atoms with E-state index in [1.54, 1.807) is 0 Å². The quantitative estimate of drug-likeness (QED) is 0.355. The summed E-state index contributed by atoms with van der Waals surface area (Å²) in [6.07, 6.45) is 18.4. The first kappa shape index (κ1) is 19.9. The van der Waals surface area contributed by atoms with Gasteiger partial charge in [-0.25, -0.2) is 0 Å². The molecule has 0 saturated heterocycles. The zero-order valence-corrected chi connectivity index (χ0v) is 13.5. The molecule has 2 N–H and O–H groups in total. The van der Waals surface area contributed by atoms with E-state index in [0.717, 1.165) is 44.9 Å². The van der Waals surface area contributed by atoms with Crippen LogP contribution in [-0.4, -0.2) is 22.3 Å². The molecule has 0 unspecified atom stereocenters. The number of carboxylic acids is 1. The van der Waals surface area contributed by atoms with Crippen molar-refractivity contribution < 1.29 is 15.0 Å². The van der Waals surface area contributed by atoms with Crippen LogP contribution in [0.2, 0.25) is 0 Å². The minimum absolute atomic E-state index is 0.274. The van der Waals surface area contributed by atoms with Crippen molar-refractivity contribution in [1.29, 1.82) is 0 Å². The molecule has 122 valence electrons. The van der Waals surface area contributed by atoms with Gasteiger partial charge in [-0.2, -0.15) is 0 Å². The number of allylic oxidation sites excluding steroid dienone is 3. The number of carbonyl (C=O) groups is 1. The average Bonchev–Trinajstić information content (AvgIpc) is 2.45. The fourth-order valence-corrected chi connectivity index (χ4v) is 2.14. The number of hydrogen-bond donors (Lipinski definition) is 2. The number of rotatable bonds is 14. The highest BCUT2D eigenvalue weighted by molar-refractivity contribution is 5.66. The van der Waals surface area contributed by atoms with Crippen LogP contribution in [0.4, 0.5) is 0 Å². The van der Waals surface area contributed by atoms with E-state index in [-0.39, 0.29) is 12.5 Å². The monoisotopic (exact) mass is 296 g/mol. The molecule has 21 heavy (non-hydrogen) atoms. The third-order valence-electron chi connectivity index (χ3n) is 3.45. The van der Waals surface area contributed by atoms with Crippen LogP contribution < -0.4 is 0 Å². The van der Waals surface area contributed by atoms with E-state index in [9.17, 15) is 9.90 Å². The normalized spacial score (nSPS) is 13.2. The highest BCUT2D eigenvalue weighted by Gasteiger charge is 1.99. The average molecular weight is 296 g/mol. The Labute approximate surface area is 129 Å². The second-order valence-corrected chi connectivity index (χ2v) is 5.58. The first-order valence-electron chi connectivity index (χ1n) is 8.40. The number of aliphatic hydroxyl groups excluding tert-OH is 1. The minimum Gasteiger partial charge on any atom is -0.481 e. The number of hydrogen-bond acceptors (Lipinski definition) is 2. The number of aliphatic hydroxyl groups is 1. The lowest BCUT2D eigenvalue weighted by Gasteiger charge is -2.04. The summed E-state index contributed by atoms with van der Waals surface area (Å²) in [4.78, 5) is 10.3. The van der Waals surface area contributed by atoms with Crippen LogP contribution in [0.3, 0.4) is 0 Å². The smallest absolute Gasteiger partial charge is 0.303 e. The third kappa shape index (κ3) is 16.9. The maximum atomic E-state index is 10.3. The van der Waals surface area contributed by atoms with E-state index in [2.05, 4.69) is 13.0 Å². The Morgan fingerprint density at radius 2 is 1.71 bits per heavy atom. The second kappa shape index (κ2) is 15.3. The van der Waals surface area contributed by atoms with Crippen LogP contribution >= 0.6 is 0 Å². The van der Waals surface area contributed by atoms with E-state index >= 15 is 0 Å². The van der Waals surface area contributed by atoms with Gasteiger partial charge in [0.2, 0.25) is 0 Å². The largest absolute Gasteiger partial charge is 0.481 e. The Kier molecular flexibility index (Phi) is 14.5. The SMILES string of the molecule is CCCCC/C=C/C=C\[C@H](O)CCCCCCCC(=O)O. The zero-order valence-electron chi connectivity index (χ0n) is 13.5. The minimum atomic E-state index is -0.710.